The minimum Gasteiger partial charge on any atom is -0.448 e. The Labute approximate surface area is 225 Å². The fraction of sp³-hybridized carbons (Fsp3) is 0.545. The van der Waals surface area contributed by atoms with Gasteiger partial charge in [-0.1, -0.05) is 0 Å². The molecule has 0 aromatic rings. The van der Waals surface area contributed by atoms with Crippen molar-refractivity contribution in [3.63, 3.8) is 0 Å². The van der Waals surface area contributed by atoms with Crippen molar-refractivity contribution in [2.24, 2.45) is 0 Å². The summed E-state index contributed by atoms with van der Waals surface area (Å²) in [6.45, 7) is 0.891. The van der Waals surface area contributed by atoms with Crippen molar-refractivity contribution in [3.05, 3.63) is 0 Å². The Balaban J connectivity index is 1.95. The summed E-state index contributed by atoms with van der Waals surface area (Å²) in [5.41, 5.74) is 0. The largest absolute Gasteiger partial charge is 0.448 e. The third kappa shape index (κ3) is 9.14. The van der Waals surface area contributed by atoms with Crippen LogP contribution in [0.5, 0.6) is 0 Å². The van der Waals surface area contributed by atoms with Crippen molar-refractivity contribution in [2.45, 2.75) is 64.6 Å². The number of hydrogen-bond acceptors (Lipinski definition) is 14. The van der Waals surface area contributed by atoms with E-state index in [1.807, 2.05) is 0 Å². The Bertz CT molecular complexity index is 1000. The lowest BCUT2D eigenvalue weighted by Crippen LogP contribution is -2.53. The van der Waals surface area contributed by atoms with Gasteiger partial charge in [0.05, 0.1) is 12.8 Å². The van der Waals surface area contributed by atoms with Crippen molar-refractivity contribution in [1.82, 2.24) is 20.8 Å². The summed E-state index contributed by atoms with van der Waals surface area (Å²) in [5, 5.41) is 4.97. The van der Waals surface area contributed by atoms with Crippen LogP contribution in [-0.4, -0.2) is 94.7 Å². The van der Waals surface area contributed by atoms with Gasteiger partial charge in [0.2, 0.25) is 12.2 Å². The summed E-state index contributed by atoms with van der Waals surface area (Å²) in [7, 11) is 0. The first kappa shape index (κ1) is 31.3. The Morgan fingerprint density at radius 3 is 1.20 bits per heavy atom. The van der Waals surface area contributed by atoms with Gasteiger partial charge in [-0.25, -0.2) is 9.59 Å². The average molecular weight is 570 g/mol. The number of imide groups is 2. The number of esters is 2. The molecule has 2 aliphatic heterocycles. The van der Waals surface area contributed by atoms with E-state index in [1.54, 1.807) is 0 Å². The van der Waals surface area contributed by atoms with Crippen LogP contribution in [0.1, 0.15) is 52.4 Å². The molecule has 0 aromatic heterocycles. The van der Waals surface area contributed by atoms with Gasteiger partial charge in [-0.2, -0.15) is 0 Å². The van der Waals surface area contributed by atoms with Gasteiger partial charge >= 0.3 is 23.9 Å². The number of nitrogens with zero attached hydrogens (tertiary/aromatic N) is 2. The summed E-state index contributed by atoms with van der Waals surface area (Å²) in [6.07, 6.45) is -5.63. The van der Waals surface area contributed by atoms with Crippen LogP contribution >= 0.6 is 0 Å². The number of hydrogen-bond donors (Lipinski definition) is 2. The first-order valence-corrected chi connectivity index (χ1v) is 11.8. The Hall–Kier alpha value is -4.90. The number of carbonyl (C=O) groups excluding carboxylic acids is 10. The summed E-state index contributed by atoms with van der Waals surface area (Å²) >= 11 is 0. The van der Waals surface area contributed by atoms with Crippen molar-refractivity contribution >= 4 is 59.3 Å². The average Bonchev–Trinajstić information content (AvgIpc) is 3.35. The highest BCUT2D eigenvalue weighted by Crippen LogP contribution is 2.14. The molecular weight excluding hydrogens is 544 g/mol. The monoisotopic (exact) mass is 570 g/mol. The van der Waals surface area contributed by atoms with Gasteiger partial charge in [0, 0.05) is 52.6 Å². The van der Waals surface area contributed by atoms with Crippen LogP contribution in [0.25, 0.3) is 0 Å². The third-order valence-electron chi connectivity index (χ3n) is 5.03. The Kier molecular flexibility index (Phi) is 11.2. The maximum atomic E-state index is 12.7. The highest BCUT2D eigenvalue weighted by molar-refractivity contribution is 6.02. The van der Waals surface area contributed by atoms with Crippen molar-refractivity contribution in [2.75, 3.05) is 13.1 Å². The second-order valence-electron chi connectivity index (χ2n) is 8.23. The highest BCUT2D eigenvalue weighted by atomic mass is 16.7. The third-order valence-corrected chi connectivity index (χ3v) is 5.03. The van der Waals surface area contributed by atoms with E-state index in [4.69, 9.17) is 9.47 Å². The van der Waals surface area contributed by atoms with Gasteiger partial charge in [0.25, 0.3) is 35.4 Å². The van der Waals surface area contributed by atoms with Gasteiger partial charge in [0.15, 0.2) is 0 Å². The second-order valence-corrected chi connectivity index (χ2v) is 8.23. The zero-order valence-electron chi connectivity index (χ0n) is 21.4. The highest BCUT2D eigenvalue weighted by Gasteiger charge is 2.40. The van der Waals surface area contributed by atoms with E-state index in [2.05, 4.69) is 20.3 Å². The van der Waals surface area contributed by atoms with Gasteiger partial charge in [-0.05, 0) is 0 Å². The zero-order valence-corrected chi connectivity index (χ0v) is 21.4. The molecule has 0 aromatic carbocycles. The molecule has 18 heteroatoms. The molecule has 0 saturated carbocycles. The van der Waals surface area contributed by atoms with Crippen molar-refractivity contribution in [3.8, 4) is 0 Å². The van der Waals surface area contributed by atoms with Crippen LogP contribution in [0.2, 0.25) is 0 Å². The summed E-state index contributed by atoms with van der Waals surface area (Å²) < 4.78 is 9.71. The van der Waals surface area contributed by atoms with E-state index in [-0.39, 0.29) is 25.7 Å². The molecule has 0 radical (unpaired) electrons. The molecule has 18 nitrogen and oxygen atoms in total. The van der Waals surface area contributed by atoms with E-state index in [0.29, 0.717) is 10.1 Å². The van der Waals surface area contributed by atoms with Gasteiger partial charge < -0.3 is 29.8 Å². The molecular formula is C22H26N4O14. The lowest BCUT2D eigenvalue weighted by molar-refractivity contribution is -0.197. The van der Waals surface area contributed by atoms with Crippen molar-refractivity contribution in [1.29, 1.82) is 0 Å². The lowest BCUT2D eigenvalue weighted by atomic mass is 10.1. The van der Waals surface area contributed by atoms with Crippen LogP contribution in [0.3, 0.4) is 0 Å². The predicted octanol–water partition coefficient (Wildman–Crippen LogP) is -2.92. The molecule has 2 N–H and O–H groups in total. The van der Waals surface area contributed by atoms with E-state index < -0.39 is 97.5 Å². The van der Waals surface area contributed by atoms with Gasteiger partial charge in [0.1, 0.15) is 0 Å². The minimum atomic E-state index is -2.04. The molecule has 2 atom stereocenters. The molecule has 2 heterocycles. The Morgan fingerprint density at radius 1 is 0.625 bits per heavy atom. The van der Waals surface area contributed by atoms with E-state index >= 15 is 0 Å². The molecule has 2 saturated heterocycles. The number of rotatable bonds is 13. The van der Waals surface area contributed by atoms with E-state index in [9.17, 15) is 47.9 Å². The summed E-state index contributed by atoms with van der Waals surface area (Å²) in [6, 6.07) is 0. The first-order chi connectivity index (χ1) is 18.8. The lowest BCUT2D eigenvalue weighted by Gasteiger charge is -2.24. The molecule has 2 fully saturated rings. The first-order valence-electron chi connectivity index (χ1n) is 11.8. The predicted molar refractivity (Wildman–Crippen MR) is 121 cm³/mol. The fourth-order valence-electron chi connectivity index (χ4n) is 3.25. The van der Waals surface area contributed by atoms with E-state index in [0.717, 1.165) is 13.8 Å². The molecule has 6 amide bonds. The van der Waals surface area contributed by atoms with E-state index in [1.165, 1.54) is 0 Å². The molecule has 0 spiro atoms. The van der Waals surface area contributed by atoms with Gasteiger partial charge in [-0.3, -0.25) is 38.4 Å². The Morgan fingerprint density at radius 2 is 0.925 bits per heavy atom. The molecule has 218 valence electrons. The standard InChI is InChI=1S/C22H26N4O14/c1-11(27)37-19(21(35)23-9-7-17(33)39-25-13(29)3-4-14(25)30)20(38-12(2)28)22(36)24-10-8-18(34)40-26-15(31)5-6-16(26)32/h19-20H,3-10H2,1-2H3,(H,23,35)(H,24,36)/t19-,20-/m1/s1. The molecule has 0 bridgehead atoms. The fourth-order valence-corrected chi connectivity index (χ4v) is 3.25. The minimum absolute atomic E-state index is 0.120. The van der Waals surface area contributed by atoms with Crippen LogP contribution in [0.15, 0.2) is 0 Å². The van der Waals surface area contributed by atoms with Crippen LogP contribution in [0.4, 0.5) is 0 Å². The number of nitrogens with one attached hydrogen (secondary N) is 2. The molecule has 2 aliphatic rings. The molecule has 0 aliphatic carbocycles. The zero-order chi connectivity index (χ0) is 30.0. The smallest absolute Gasteiger partial charge is 0.334 e. The SMILES string of the molecule is CC(=O)O[C@@H](C(=O)NCCC(=O)ON1C(=O)CCC1=O)[C@@H](OC(C)=O)C(=O)NCCC(=O)ON1C(=O)CCC1=O. The second kappa shape index (κ2) is 14.3. The van der Waals surface area contributed by atoms with Crippen LogP contribution in [0, 0.1) is 0 Å². The quantitative estimate of drug-likeness (QED) is 0.167. The topological polar surface area (TPSA) is 238 Å². The maximum Gasteiger partial charge on any atom is 0.334 e. The molecule has 2 rings (SSSR count). The normalized spacial score (nSPS) is 16.2. The summed E-state index contributed by atoms with van der Waals surface area (Å²) in [4.78, 5) is 128. The summed E-state index contributed by atoms with van der Waals surface area (Å²) in [5.74, 6) is -9.35. The van der Waals surface area contributed by atoms with Crippen LogP contribution in [-0.2, 0) is 67.1 Å². The number of amides is 6. The molecule has 40 heavy (non-hydrogen) atoms. The number of hydroxylamine groups is 4. The van der Waals surface area contributed by atoms with Gasteiger partial charge in [-0.15, -0.1) is 10.1 Å². The number of ether oxygens (including phenoxy) is 2. The number of carbonyl (C=O) groups is 10. The molecule has 0 unspecified atom stereocenters. The van der Waals surface area contributed by atoms with Crippen molar-refractivity contribution < 1.29 is 67.1 Å². The van der Waals surface area contributed by atoms with Crippen LogP contribution < -0.4 is 10.6 Å². The maximum absolute atomic E-state index is 12.7.